The second kappa shape index (κ2) is 13.8. The molecule has 152 valence electrons. The number of ether oxygens (including phenoxy) is 1. The number of allylic oxidation sites excluding steroid dienone is 5. The highest BCUT2D eigenvalue weighted by Crippen LogP contribution is 2.12. The molecule has 0 rings (SSSR count). The Labute approximate surface area is 165 Å². The van der Waals surface area contributed by atoms with Gasteiger partial charge in [-0.1, -0.05) is 42.5 Å². The number of rotatable bonds is 10. The minimum atomic E-state index is -0.506. The van der Waals surface area contributed by atoms with E-state index in [-0.39, 0.29) is 6.09 Å². The van der Waals surface area contributed by atoms with Crippen LogP contribution in [0.2, 0.25) is 0 Å². The molecule has 27 heavy (non-hydrogen) atoms. The molecule has 0 bridgehead atoms. The van der Waals surface area contributed by atoms with Crippen LogP contribution in [0.5, 0.6) is 0 Å². The molecule has 5 nitrogen and oxygen atoms in total. The summed E-state index contributed by atoms with van der Waals surface area (Å²) in [6, 6.07) is 0. The molecule has 1 N–H and O–H groups in total. The first-order valence-electron chi connectivity index (χ1n) is 9.53. The summed E-state index contributed by atoms with van der Waals surface area (Å²) < 4.78 is 5.56. The van der Waals surface area contributed by atoms with Crippen molar-refractivity contribution in [2.24, 2.45) is 4.99 Å². The van der Waals surface area contributed by atoms with E-state index in [1.165, 1.54) is 0 Å². The smallest absolute Gasteiger partial charge is 0.410 e. The summed E-state index contributed by atoms with van der Waals surface area (Å²) in [4.78, 5) is 18.5. The van der Waals surface area contributed by atoms with Gasteiger partial charge < -0.3 is 15.0 Å². The normalized spacial score (nSPS) is 13.3. The maximum Gasteiger partial charge on any atom is 0.410 e. The number of carbonyl (C=O) groups excluding carboxylic acids is 1. The molecule has 0 fully saturated rings. The van der Waals surface area contributed by atoms with Crippen molar-refractivity contribution in [1.82, 2.24) is 10.2 Å². The highest BCUT2D eigenvalue weighted by Gasteiger charge is 2.21. The number of nitrogens with one attached hydrogen (secondary N) is 1. The summed E-state index contributed by atoms with van der Waals surface area (Å²) in [5, 5.41) is 3.27. The molecule has 0 spiro atoms. The fourth-order valence-corrected chi connectivity index (χ4v) is 2.26. The van der Waals surface area contributed by atoms with E-state index < -0.39 is 5.60 Å². The summed E-state index contributed by atoms with van der Waals surface area (Å²) in [5.74, 6) is 0.840. The Morgan fingerprint density at radius 1 is 1.22 bits per heavy atom. The molecule has 0 saturated heterocycles. The van der Waals surface area contributed by atoms with E-state index in [1.54, 1.807) is 18.0 Å². The minimum Gasteiger partial charge on any atom is -0.444 e. The third kappa shape index (κ3) is 12.7. The van der Waals surface area contributed by atoms with Crippen molar-refractivity contribution < 1.29 is 9.53 Å². The molecule has 0 radical (unpaired) electrons. The van der Waals surface area contributed by atoms with E-state index in [9.17, 15) is 4.79 Å². The third-order valence-electron chi connectivity index (χ3n) is 3.62. The van der Waals surface area contributed by atoms with Crippen LogP contribution >= 0.6 is 0 Å². The van der Waals surface area contributed by atoms with Crippen LogP contribution in [0, 0.1) is 0 Å². The molecule has 0 unspecified atom stereocenters. The topological polar surface area (TPSA) is 53.9 Å². The second-order valence-corrected chi connectivity index (χ2v) is 7.06. The Balaban J connectivity index is 4.81. The standard InChI is InChI=1S/C22H37N3O2/c1-8-11-14-19(10-3)15-18-25(21(26)27-22(4,5)6)17-12-16-24-20(23-7)13-9-2/h8-11,13-14H,1,12,15-18H2,2-7H3,(H,23,24)/b13-9-,14-11-,19-10+. The van der Waals surface area contributed by atoms with E-state index in [1.807, 2.05) is 58.9 Å². The Bertz CT molecular complexity index is 567. The van der Waals surface area contributed by atoms with Crippen molar-refractivity contribution in [2.75, 3.05) is 26.7 Å². The molecular weight excluding hydrogens is 338 g/mol. The Kier molecular flexibility index (Phi) is 12.7. The Morgan fingerprint density at radius 3 is 2.44 bits per heavy atom. The monoisotopic (exact) mass is 375 g/mol. The van der Waals surface area contributed by atoms with Crippen LogP contribution in [0.15, 0.2) is 53.6 Å². The zero-order valence-electron chi connectivity index (χ0n) is 17.9. The quantitative estimate of drug-likeness (QED) is 0.256. The number of hydrogen-bond donors (Lipinski definition) is 1. The predicted octanol–water partition coefficient (Wildman–Crippen LogP) is 4.89. The van der Waals surface area contributed by atoms with Gasteiger partial charge in [-0.05, 0) is 53.5 Å². The van der Waals surface area contributed by atoms with Gasteiger partial charge in [-0.3, -0.25) is 4.99 Å². The van der Waals surface area contributed by atoms with E-state index in [0.29, 0.717) is 13.1 Å². The molecule has 0 aromatic heterocycles. The lowest BCUT2D eigenvalue weighted by Gasteiger charge is -2.27. The number of aliphatic imine (C=N–C) groups is 1. The van der Waals surface area contributed by atoms with Crippen molar-refractivity contribution in [1.29, 1.82) is 0 Å². The molecule has 0 aromatic rings. The average molecular weight is 376 g/mol. The zero-order chi connectivity index (χ0) is 20.7. The van der Waals surface area contributed by atoms with E-state index in [0.717, 1.165) is 30.8 Å². The van der Waals surface area contributed by atoms with Crippen LogP contribution in [0.4, 0.5) is 4.79 Å². The van der Waals surface area contributed by atoms with Crippen molar-refractivity contribution in [3.05, 3.63) is 48.6 Å². The number of amides is 1. The largest absolute Gasteiger partial charge is 0.444 e. The van der Waals surface area contributed by atoms with Gasteiger partial charge in [0.2, 0.25) is 0 Å². The molecule has 0 atom stereocenters. The highest BCUT2D eigenvalue weighted by molar-refractivity contribution is 5.92. The van der Waals surface area contributed by atoms with E-state index >= 15 is 0 Å². The molecule has 5 heteroatoms. The maximum absolute atomic E-state index is 12.6. The highest BCUT2D eigenvalue weighted by atomic mass is 16.6. The van der Waals surface area contributed by atoms with Gasteiger partial charge in [0.05, 0.1) is 0 Å². The summed E-state index contributed by atoms with van der Waals surface area (Å²) in [6.45, 7) is 15.3. The summed E-state index contributed by atoms with van der Waals surface area (Å²) in [5.41, 5.74) is 0.656. The Morgan fingerprint density at radius 2 is 1.93 bits per heavy atom. The van der Waals surface area contributed by atoms with Gasteiger partial charge in [-0.25, -0.2) is 4.79 Å². The SMILES string of the molecule is C=C/C=C\C(=C/C)CCN(CCCNC(/C=C\C)=N/C)C(=O)OC(C)(C)C. The van der Waals surface area contributed by atoms with Gasteiger partial charge in [-0.2, -0.15) is 0 Å². The molecule has 0 aliphatic heterocycles. The fraction of sp³-hybridized carbons (Fsp3) is 0.545. The molecule has 0 aliphatic rings. The number of amidine groups is 1. The number of hydrogen-bond acceptors (Lipinski definition) is 3. The zero-order valence-corrected chi connectivity index (χ0v) is 17.9. The van der Waals surface area contributed by atoms with Crippen molar-refractivity contribution in [3.63, 3.8) is 0 Å². The lowest BCUT2D eigenvalue weighted by Crippen LogP contribution is -2.39. The van der Waals surface area contributed by atoms with Gasteiger partial charge in [0.25, 0.3) is 0 Å². The van der Waals surface area contributed by atoms with Crippen molar-refractivity contribution in [2.45, 2.75) is 53.1 Å². The van der Waals surface area contributed by atoms with Gasteiger partial charge in [-0.15, -0.1) is 0 Å². The molecular formula is C22H37N3O2. The predicted molar refractivity (Wildman–Crippen MR) is 116 cm³/mol. The molecule has 0 heterocycles. The van der Waals surface area contributed by atoms with Gasteiger partial charge in [0, 0.05) is 26.7 Å². The lowest BCUT2D eigenvalue weighted by atomic mass is 10.1. The van der Waals surface area contributed by atoms with Crippen molar-refractivity contribution >= 4 is 11.9 Å². The van der Waals surface area contributed by atoms with Crippen LogP contribution in [-0.4, -0.2) is 49.1 Å². The molecule has 0 aromatic carbocycles. The Hall–Kier alpha value is -2.30. The third-order valence-corrected chi connectivity index (χ3v) is 3.62. The maximum atomic E-state index is 12.6. The first-order chi connectivity index (χ1) is 12.8. The summed E-state index contributed by atoms with van der Waals surface area (Å²) in [7, 11) is 1.75. The van der Waals surface area contributed by atoms with Gasteiger partial charge in [0.1, 0.15) is 11.4 Å². The van der Waals surface area contributed by atoms with E-state index in [2.05, 4.69) is 23.0 Å². The van der Waals surface area contributed by atoms with Crippen LogP contribution in [0.3, 0.4) is 0 Å². The second-order valence-electron chi connectivity index (χ2n) is 7.06. The molecule has 0 saturated carbocycles. The fourth-order valence-electron chi connectivity index (χ4n) is 2.26. The van der Waals surface area contributed by atoms with Crippen LogP contribution in [0.1, 0.15) is 47.5 Å². The summed E-state index contributed by atoms with van der Waals surface area (Å²) in [6.07, 6.45) is 12.9. The van der Waals surface area contributed by atoms with E-state index in [4.69, 9.17) is 4.74 Å². The van der Waals surface area contributed by atoms with Crippen molar-refractivity contribution in [3.8, 4) is 0 Å². The van der Waals surface area contributed by atoms with Crippen LogP contribution in [-0.2, 0) is 4.74 Å². The van der Waals surface area contributed by atoms with Gasteiger partial charge in [0.15, 0.2) is 0 Å². The minimum absolute atomic E-state index is 0.275. The first-order valence-corrected chi connectivity index (χ1v) is 9.53. The summed E-state index contributed by atoms with van der Waals surface area (Å²) >= 11 is 0. The van der Waals surface area contributed by atoms with Crippen LogP contribution in [0.25, 0.3) is 0 Å². The number of nitrogens with zero attached hydrogens (tertiary/aromatic N) is 2. The van der Waals surface area contributed by atoms with Gasteiger partial charge >= 0.3 is 6.09 Å². The first kappa shape index (κ1) is 24.7. The number of carbonyl (C=O) groups is 1. The molecule has 1 amide bonds. The van der Waals surface area contributed by atoms with Crippen LogP contribution < -0.4 is 5.32 Å². The average Bonchev–Trinajstić information content (AvgIpc) is 2.60. The molecule has 0 aliphatic carbocycles. The lowest BCUT2D eigenvalue weighted by molar-refractivity contribution is 0.0251.